The Bertz CT molecular complexity index is 1510. The maximum Gasteiger partial charge on any atom is 0.185 e. The summed E-state index contributed by atoms with van der Waals surface area (Å²) in [5.41, 5.74) is 3.98. The van der Waals surface area contributed by atoms with Gasteiger partial charge in [-0.05, 0) is 31.2 Å². The number of benzene rings is 3. The first kappa shape index (κ1) is 22.5. The summed E-state index contributed by atoms with van der Waals surface area (Å²) in [5.74, 6) is 0.427. The summed E-state index contributed by atoms with van der Waals surface area (Å²) < 4.78 is 42.6. The van der Waals surface area contributed by atoms with Gasteiger partial charge in [0.25, 0.3) is 0 Å². The molecular weight excluding hydrogens is 464 g/mol. The molecule has 2 aliphatic heterocycles. The van der Waals surface area contributed by atoms with E-state index in [0.717, 1.165) is 28.6 Å². The fourth-order valence-electron chi connectivity index (χ4n) is 5.26. The lowest BCUT2D eigenvalue weighted by atomic mass is 9.96. The van der Waals surface area contributed by atoms with E-state index in [1.807, 2.05) is 43.3 Å². The highest BCUT2D eigenvalue weighted by Crippen LogP contribution is 2.43. The Hall–Kier alpha value is -3.94. The molecule has 6 rings (SSSR count). The van der Waals surface area contributed by atoms with E-state index in [4.69, 9.17) is 9.47 Å². The average molecular weight is 490 g/mol. The lowest BCUT2D eigenvalue weighted by molar-refractivity contribution is -0.117. The number of halogens is 2. The number of hydrogen-bond donors (Lipinski definition) is 1. The number of rotatable bonds is 6. The fourth-order valence-corrected chi connectivity index (χ4v) is 5.26. The van der Waals surface area contributed by atoms with E-state index in [1.165, 1.54) is 6.07 Å². The number of nitrogens with zero attached hydrogens (tertiary/aromatic N) is 2. The van der Waals surface area contributed by atoms with E-state index in [9.17, 15) is 13.6 Å². The molecule has 8 heteroatoms. The molecule has 0 saturated carbocycles. The van der Waals surface area contributed by atoms with Crippen LogP contribution in [-0.2, 0) is 11.2 Å². The SMILES string of the molecule is CCc1nc2ccc(F)c(F)c2n1-c1cccc2c1OCC2Nc1ccc2c(c1)OCC2CC(C)=O. The number of ketones is 1. The predicted molar refractivity (Wildman–Crippen MR) is 132 cm³/mol. The lowest BCUT2D eigenvalue weighted by Crippen LogP contribution is -2.11. The zero-order chi connectivity index (χ0) is 25.0. The summed E-state index contributed by atoms with van der Waals surface area (Å²) in [5, 5.41) is 3.51. The number of aromatic nitrogens is 2. The summed E-state index contributed by atoms with van der Waals surface area (Å²) in [7, 11) is 0. The smallest absolute Gasteiger partial charge is 0.185 e. The van der Waals surface area contributed by atoms with E-state index < -0.39 is 11.6 Å². The van der Waals surface area contributed by atoms with Crippen LogP contribution in [-0.4, -0.2) is 28.5 Å². The van der Waals surface area contributed by atoms with Crippen molar-refractivity contribution in [2.24, 2.45) is 0 Å². The zero-order valence-electron chi connectivity index (χ0n) is 20.0. The number of carbonyl (C=O) groups excluding carboxylic acids is 1. The van der Waals surface area contributed by atoms with E-state index in [-0.39, 0.29) is 23.3 Å². The third-order valence-electron chi connectivity index (χ3n) is 6.90. The van der Waals surface area contributed by atoms with E-state index in [1.54, 1.807) is 11.5 Å². The number of Topliss-reactive ketones (excluding diaryl/α,β-unsaturated/α-hetero) is 1. The van der Waals surface area contributed by atoms with Crippen molar-refractivity contribution in [2.75, 3.05) is 18.5 Å². The molecule has 2 aliphatic rings. The molecule has 36 heavy (non-hydrogen) atoms. The second-order valence-electron chi connectivity index (χ2n) is 9.32. The van der Waals surface area contributed by atoms with E-state index in [2.05, 4.69) is 10.3 Å². The first-order valence-corrected chi connectivity index (χ1v) is 12.1. The zero-order valence-corrected chi connectivity index (χ0v) is 20.0. The van der Waals surface area contributed by atoms with Gasteiger partial charge in [-0.3, -0.25) is 4.57 Å². The summed E-state index contributed by atoms with van der Waals surface area (Å²) in [6.07, 6.45) is 1.01. The largest absolute Gasteiger partial charge is 0.493 e. The lowest BCUT2D eigenvalue weighted by Gasteiger charge is -2.15. The normalized spacial score (nSPS) is 18.0. The summed E-state index contributed by atoms with van der Waals surface area (Å²) in [4.78, 5) is 16.1. The van der Waals surface area contributed by atoms with Gasteiger partial charge in [0.2, 0.25) is 0 Å². The Kier molecular flexibility index (Phi) is 5.39. The maximum atomic E-state index is 14.9. The van der Waals surface area contributed by atoms with E-state index in [0.29, 0.717) is 48.8 Å². The van der Waals surface area contributed by atoms with Gasteiger partial charge in [0.05, 0.1) is 23.9 Å². The molecule has 0 spiro atoms. The highest BCUT2D eigenvalue weighted by Gasteiger charge is 2.30. The van der Waals surface area contributed by atoms with Crippen LogP contribution in [0.15, 0.2) is 48.5 Å². The first-order valence-electron chi connectivity index (χ1n) is 12.1. The third-order valence-corrected chi connectivity index (χ3v) is 6.90. The third kappa shape index (κ3) is 3.59. The van der Waals surface area contributed by atoms with Crippen LogP contribution in [0.3, 0.4) is 0 Å². The summed E-state index contributed by atoms with van der Waals surface area (Å²) >= 11 is 0. The van der Waals surface area contributed by atoms with Crippen molar-refractivity contribution < 1.29 is 23.0 Å². The maximum absolute atomic E-state index is 14.9. The van der Waals surface area contributed by atoms with Crippen molar-refractivity contribution >= 4 is 22.5 Å². The molecule has 3 heterocycles. The highest BCUT2D eigenvalue weighted by atomic mass is 19.2. The van der Waals surface area contributed by atoms with Crippen molar-refractivity contribution in [3.8, 4) is 17.2 Å². The number of ether oxygens (including phenoxy) is 2. The van der Waals surface area contributed by atoms with Crippen molar-refractivity contribution in [1.82, 2.24) is 9.55 Å². The van der Waals surface area contributed by atoms with Crippen molar-refractivity contribution in [2.45, 2.75) is 38.6 Å². The molecule has 2 atom stereocenters. The molecule has 4 aromatic rings. The first-order chi connectivity index (χ1) is 17.4. The van der Waals surface area contributed by atoms with Gasteiger partial charge in [0, 0.05) is 41.6 Å². The van der Waals surface area contributed by atoms with Crippen molar-refractivity contribution in [1.29, 1.82) is 0 Å². The van der Waals surface area contributed by atoms with Crippen LogP contribution >= 0.6 is 0 Å². The molecule has 6 nitrogen and oxygen atoms in total. The molecule has 0 amide bonds. The number of aryl methyl sites for hydroxylation is 1. The molecule has 0 bridgehead atoms. The van der Waals surface area contributed by atoms with Crippen LogP contribution in [0, 0.1) is 11.6 Å². The molecule has 0 saturated heterocycles. The standard InChI is InChI=1S/C28H25F2N3O3/c1-3-25-32-21-10-9-20(29)26(30)27(21)33(25)23-6-4-5-19-22(14-36-28(19)23)31-17-7-8-18-16(11-15(2)34)13-35-24(18)12-17/h4-10,12,16,22,31H,3,11,13-14H2,1-2H3. The number of anilines is 1. The molecule has 0 fully saturated rings. The van der Waals surface area contributed by atoms with Crippen LogP contribution in [0.1, 0.15) is 49.2 Å². The number of carbonyl (C=O) groups is 1. The summed E-state index contributed by atoms with van der Waals surface area (Å²) in [6, 6.07) is 14.1. The Morgan fingerprint density at radius 3 is 2.78 bits per heavy atom. The number of imidazole rings is 1. The van der Waals surface area contributed by atoms with Gasteiger partial charge in [0.15, 0.2) is 11.6 Å². The number of para-hydroxylation sites is 1. The van der Waals surface area contributed by atoms with Crippen molar-refractivity contribution in [3.63, 3.8) is 0 Å². The van der Waals surface area contributed by atoms with Gasteiger partial charge in [-0.2, -0.15) is 0 Å². The fraction of sp³-hybridized carbons (Fsp3) is 0.286. The number of nitrogens with one attached hydrogen (secondary N) is 1. The average Bonchev–Trinajstić information content (AvgIpc) is 3.57. The number of hydrogen-bond acceptors (Lipinski definition) is 5. The van der Waals surface area contributed by atoms with Crippen LogP contribution in [0.4, 0.5) is 14.5 Å². The topological polar surface area (TPSA) is 65.4 Å². The minimum absolute atomic E-state index is 0.0904. The van der Waals surface area contributed by atoms with Crippen LogP contribution < -0.4 is 14.8 Å². The van der Waals surface area contributed by atoms with Crippen LogP contribution in [0.2, 0.25) is 0 Å². The number of fused-ring (bicyclic) bond motifs is 3. The molecule has 184 valence electrons. The Labute approximate surface area is 206 Å². The van der Waals surface area contributed by atoms with Gasteiger partial charge >= 0.3 is 0 Å². The highest BCUT2D eigenvalue weighted by molar-refractivity contribution is 5.80. The minimum Gasteiger partial charge on any atom is -0.493 e. The van der Waals surface area contributed by atoms with Gasteiger partial charge in [-0.1, -0.05) is 25.1 Å². The Morgan fingerprint density at radius 2 is 1.97 bits per heavy atom. The quantitative estimate of drug-likeness (QED) is 0.367. The second-order valence-corrected chi connectivity index (χ2v) is 9.32. The minimum atomic E-state index is -0.925. The molecular formula is C28H25F2N3O3. The Morgan fingerprint density at radius 1 is 1.11 bits per heavy atom. The molecule has 1 N–H and O–H groups in total. The molecule has 0 radical (unpaired) electrons. The van der Waals surface area contributed by atoms with Gasteiger partial charge < -0.3 is 19.6 Å². The second kappa shape index (κ2) is 8.62. The monoisotopic (exact) mass is 489 g/mol. The summed E-state index contributed by atoms with van der Waals surface area (Å²) in [6.45, 7) is 4.41. The Balaban J connectivity index is 1.35. The molecule has 3 aromatic carbocycles. The van der Waals surface area contributed by atoms with Gasteiger partial charge in [-0.15, -0.1) is 0 Å². The molecule has 2 unspecified atom stereocenters. The molecule has 0 aliphatic carbocycles. The van der Waals surface area contributed by atoms with Gasteiger partial charge in [-0.25, -0.2) is 13.8 Å². The van der Waals surface area contributed by atoms with Crippen molar-refractivity contribution in [3.05, 3.63) is 77.1 Å². The van der Waals surface area contributed by atoms with Gasteiger partial charge in [0.1, 0.15) is 35.2 Å². The van der Waals surface area contributed by atoms with Crippen LogP contribution in [0.5, 0.6) is 11.5 Å². The van der Waals surface area contributed by atoms with Crippen LogP contribution in [0.25, 0.3) is 16.7 Å². The van der Waals surface area contributed by atoms with E-state index >= 15 is 0 Å². The predicted octanol–water partition coefficient (Wildman–Crippen LogP) is 5.87. The molecule has 1 aromatic heterocycles.